The minimum Gasteiger partial charge on any atom is -0.224 e. The summed E-state index contributed by atoms with van der Waals surface area (Å²) in [7, 11) is -7.33. The minimum atomic E-state index is -3.84. The lowest BCUT2D eigenvalue weighted by Gasteiger charge is -2.17. The third kappa shape index (κ3) is 4.44. The second kappa shape index (κ2) is 6.86. The van der Waals surface area contributed by atoms with E-state index in [1.54, 1.807) is 0 Å². The molecule has 1 aliphatic carbocycles. The van der Waals surface area contributed by atoms with E-state index in [0.717, 1.165) is 50.8 Å². The molecule has 0 unspecified atom stereocenters. The van der Waals surface area contributed by atoms with E-state index in [1.165, 1.54) is 12.1 Å². The van der Waals surface area contributed by atoms with Crippen molar-refractivity contribution in [3.63, 3.8) is 0 Å². The quantitative estimate of drug-likeness (QED) is 0.832. The second-order valence-corrected chi connectivity index (χ2v) is 9.78. The Labute approximate surface area is 137 Å². The number of halogens is 1. The van der Waals surface area contributed by atoms with E-state index in [0.29, 0.717) is 0 Å². The summed E-state index contributed by atoms with van der Waals surface area (Å²) >= 11 is 5.97. The van der Waals surface area contributed by atoms with E-state index in [9.17, 15) is 16.8 Å². The van der Waals surface area contributed by atoms with E-state index >= 15 is 0 Å². The van der Waals surface area contributed by atoms with Crippen LogP contribution in [0.4, 0.5) is 0 Å². The van der Waals surface area contributed by atoms with Crippen LogP contribution in [0, 0.1) is 0 Å². The minimum absolute atomic E-state index is 0.0218. The summed E-state index contributed by atoms with van der Waals surface area (Å²) in [6.45, 7) is 0. The van der Waals surface area contributed by atoms with Gasteiger partial charge in [0.05, 0.1) is 9.92 Å². The summed E-state index contributed by atoms with van der Waals surface area (Å²) in [5.74, 6) is 0. The van der Waals surface area contributed by atoms with E-state index in [2.05, 4.69) is 4.72 Å². The van der Waals surface area contributed by atoms with Gasteiger partial charge in [-0.15, -0.1) is 0 Å². The molecule has 1 N–H and O–H groups in total. The average Bonchev–Trinajstić information content (AvgIpc) is 2.65. The van der Waals surface area contributed by atoms with E-state index in [4.69, 9.17) is 11.6 Å². The molecule has 1 aliphatic rings. The lowest BCUT2D eigenvalue weighted by Crippen LogP contribution is -2.34. The van der Waals surface area contributed by atoms with Gasteiger partial charge in [-0.3, -0.25) is 0 Å². The van der Waals surface area contributed by atoms with Crippen molar-refractivity contribution < 1.29 is 16.8 Å². The Hall–Kier alpha value is -0.630. The summed E-state index contributed by atoms with van der Waals surface area (Å²) in [5, 5.41) is 0.0218. The molecular formula is C14H20ClNO4S2. The number of hydrogen-bond donors (Lipinski definition) is 1. The van der Waals surface area contributed by atoms with Gasteiger partial charge in [0.2, 0.25) is 10.0 Å². The number of benzene rings is 1. The van der Waals surface area contributed by atoms with Crippen molar-refractivity contribution >= 4 is 31.5 Å². The number of hydrogen-bond acceptors (Lipinski definition) is 4. The highest BCUT2D eigenvalue weighted by molar-refractivity contribution is 7.91. The molecule has 0 spiro atoms. The first kappa shape index (κ1) is 17.7. The van der Waals surface area contributed by atoms with Crippen LogP contribution in [-0.2, 0) is 19.9 Å². The molecule has 22 heavy (non-hydrogen) atoms. The van der Waals surface area contributed by atoms with Crippen molar-refractivity contribution in [2.45, 2.75) is 54.4 Å². The Bertz CT molecular complexity index is 736. The molecule has 1 saturated carbocycles. The molecule has 0 amide bonds. The Morgan fingerprint density at radius 2 is 1.64 bits per heavy atom. The molecule has 8 heteroatoms. The maximum absolute atomic E-state index is 12.5. The van der Waals surface area contributed by atoms with Crippen LogP contribution in [0.15, 0.2) is 28.0 Å². The fraction of sp³-hybridized carbons (Fsp3) is 0.571. The third-order valence-electron chi connectivity index (χ3n) is 3.80. The van der Waals surface area contributed by atoms with Crippen LogP contribution in [0.3, 0.4) is 0 Å². The van der Waals surface area contributed by atoms with Crippen LogP contribution in [0.25, 0.3) is 0 Å². The zero-order chi connectivity index (χ0) is 16.4. The smallest absolute Gasteiger partial charge is 0.224 e. The lowest BCUT2D eigenvalue weighted by molar-refractivity contribution is 0.510. The molecule has 0 atom stereocenters. The SMILES string of the molecule is CS(=O)(=O)c1ccc(Cl)c(S(=O)(=O)NC2CCCCCC2)c1. The van der Waals surface area contributed by atoms with Gasteiger partial charge in [-0.25, -0.2) is 21.6 Å². The Morgan fingerprint density at radius 1 is 1.05 bits per heavy atom. The first-order valence-corrected chi connectivity index (χ1v) is 11.0. The summed E-state index contributed by atoms with van der Waals surface area (Å²) in [6.07, 6.45) is 6.83. The predicted molar refractivity (Wildman–Crippen MR) is 86.4 cm³/mol. The van der Waals surface area contributed by atoms with Crippen molar-refractivity contribution in [1.29, 1.82) is 0 Å². The van der Waals surface area contributed by atoms with Gasteiger partial charge in [-0.2, -0.15) is 0 Å². The van der Waals surface area contributed by atoms with Crippen LogP contribution >= 0.6 is 11.6 Å². The number of nitrogens with one attached hydrogen (secondary N) is 1. The summed E-state index contributed by atoms with van der Waals surface area (Å²) in [4.78, 5) is -0.237. The highest BCUT2D eigenvalue weighted by atomic mass is 35.5. The molecule has 0 bridgehead atoms. The molecule has 1 aromatic carbocycles. The van der Waals surface area contributed by atoms with Crippen molar-refractivity contribution in [3.05, 3.63) is 23.2 Å². The molecule has 0 saturated heterocycles. The average molecular weight is 366 g/mol. The van der Waals surface area contributed by atoms with Crippen LogP contribution in [-0.4, -0.2) is 29.1 Å². The molecule has 1 fully saturated rings. The molecule has 2 rings (SSSR count). The first-order chi connectivity index (χ1) is 10.2. The number of sulfone groups is 1. The zero-order valence-corrected chi connectivity index (χ0v) is 14.8. The zero-order valence-electron chi connectivity index (χ0n) is 12.4. The maximum atomic E-state index is 12.5. The fourth-order valence-corrected chi connectivity index (χ4v) is 5.15. The van der Waals surface area contributed by atoms with Crippen molar-refractivity contribution in [1.82, 2.24) is 4.72 Å². The van der Waals surface area contributed by atoms with E-state index < -0.39 is 19.9 Å². The van der Waals surface area contributed by atoms with Gasteiger partial charge < -0.3 is 0 Å². The summed E-state index contributed by atoms with van der Waals surface area (Å²) < 4.78 is 50.9. The molecule has 0 radical (unpaired) electrons. The molecule has 0 aliphatic heterocycles. The van der Waals surface area contributed by atoms with Gasteiger partial charge >= 0.3 is 0 Å². The van der Waals surface area contributed by atoms with Crippen molar-refractivity contribution in [2.24, 2.45) is 0 Å². The van der Waals surface area contributed by atoms with Gasteiger partial charge in [0.1, 0.15) is 4.90 Å². The van der Waals surface area contributed by atoms with E-state index in [-0.39, 0.29) is 20.9 Å². The van der Waals surface area contributed by atoms with Gasteiger partial charge in [0.25, 0.3) is 0 Å². The fourth-order valence-electron chi connectivity index (χ4n) is 2.60. The predicted octanol–water partition coefficient (Wildman–Crippen LogP) is 2.74. The Morgan fingerprint density at radius 3 is 2.18 bits per heavy atom. The van der Waals surface area contributed by atoms with Crippen LogP contribution in [0.2, 0.25) is 5.02 Å². The lowest BCUT2D eigenvalue weighted by atomic mass is 10.1. The normalized spacial score (nSPS) is 18.1. The highest BCUT2D eigenvalue weighted by Crippen LogP contribution is 2.26. The van der Waals surface area contributed by atoms with Gasteiger partial charge in [0, 0.05) is 12.3 Å². The monoisotopic (exact) mass is 365 g/mol. The Kier molecular flexibility index (Phi) is 5.53. The van der Waals surface area contributed by atoms with Crippen LogP contribution < -0.4 is 4.72 Å². The molecule has 5 nitrogen and oxygen atoms in total. The maximum Gasteiger partial charge on any atom is 0.242 e. The summed E-state index contributed by atoms with van der Waals surface area (Å²) in [6, 6.07) is 3.61. The molecular weight excluding hydrogens is 346 g/mol. The highest BCUT2D eigenvalue weighted by Gasteiger charge is 2.24. The summed E-state index contributed by atoms with van der Waals surface area (Å²) in [5.41, 5.74) is 0. The van der Waals surface area contributed by atoms with E-state index in [1.807, 2.05) is 0 Å². The number of sulfonamides is 1. The molecule has 124 valence electrons. The third-order valence-corrected chi connectivity index (χ3v) is 6.91. The van der Waals surface area contributed by atoms with Crippen molar-refractivity contribution in [2.75, 3.05) is 6.26 Å². The Balaban J connectivity index is 2.32. The molecule has 0 heterocycles. The van der Waals surface area contributed by atoms with Crippen LogP contribution in [0.5, 0.6) is 0 Å². The second-order valence-electron chi connectivity index (χ2n) is 5.67. The topological polar surface area (TPSA) is 80.3 Å². The van der Waals surface area contributed by atoms with Crippen molar-refractivity contribution in [3.8, 4) is 0 Å². The first-order valence-electron chi connectivity index (χ1n) is 7.22. The van der Waals surface area contributed by atoms with Gasteiger partial charge in [-0.05, 0) is 31.0 Å². The van der Waals surface area contributed by atoms with Crippen LogP contribution in [0.1, 0.15) is 38.5 Å². The largest absolute Gasteiger partial charge is 0.242 e. The number of rotatable bonds is 4. The standard InChI is InChI=1S/C14H20ClNO4S2/c1-21(17,18)12-8-9-13(15)14(10-12)22(19,20)16-11-6-4-2-3-5-7-11/h8-11,16H,2-7H2,1H3. The van der Waals surface area contributed by atoms with Gasteiger partial charge in [0.15, 0.2) is 9.84 Å². The molecule has 1 aromatic rings. The van der Waals surface area contributed by atoms with Gasteiger partial charge in [-0.1, -0.05) is 37.3 Å². The molecule has 0 aromatic heterocycles.